The Kier molecular flexibility index (Phi) is 7.12. The quantitative estimate of drug-likeness (QED) is 0.171. The maximum absolute atomic E-state index is 11.7. The summed E-state index contributed by atoms with van der Waals surface area (Å²) in [5, 5.41) is 10.1. The summed E-state index contributed by atoms with van der Waals surface area (Å²) in [7, 11) is 1.27. The molecule has 0 amide bonds. The highest BCUT2D eigenvalue weighted by molar-refractivity contribution is 6.10. The van der Waals surface area contributed by atoms with Crippen LogP contribution in [-0.4, -0.2) is 50.3 Å². The molecule has 2 aromatic carbocycles. The number of allylic oxidation sites excluding steroid dienone is 1. The Hall–Kier alpha value is -4.27. The van der Waals surface area contributed by atoms with Crippen molar-refractivity contribution in [2.75, 3.05) is 20.7 Å². The zero-order valence-corrected chi connectivity index (χ0v) is 18.4. The predicted octanol–water partition coefficient (Wildman–Crippen LogP) is 3.87. The number of benzene rings is 2. The van der Waals surface area contributed by atoms with E-state index < -0.39 is 5.97 Å². The number of carbonyl (C=O) groups excluding carboxylic acids is 2. The van der Waals surface area contributed by atoms with Crippen LogP contribution in [0.2, 0.25) is 0 Å². The van der Waals surface area contributed by atoms with Gasteiger partial charge in [-0.2, -0.15) is 0 Å². The maximum Gasteiger partial charge on any atom is 0.343 e. The summed E-state index contributed by atoms with van der Waals surface area (Å²) in [5.74, 6) is 1.87. The fraction of sp³-hybridized carbons (Fsp3) is 0.240. The van der Waals surface area contributed by atoms with Gasteiger partial charge in [-0.25, -0.2) is 4.79 Å². The van der Waals surface area contributed by atoms with Gasteiger partial charge in [0.05, 0.1) is 13.2 Å². The van der Waals surface area contributed by atoms with Gasteiger partial charge in [-0.3, -0.25) is 9.79 Å². The monoisotopic (exact) mass is 465 g/mol. The van der Waals surface area contributed by atoms with Crippen molar-refractivity contribution in [3.05, 3.63) is 64.9 Å². The molecule has 9 heteroatoms. The molecule has 1 saturated carbocycles. The number of carbonyl (C=O) groups is 2. The van der Waals surface area contributed by atoms with Crippen molar-refractivity contribution >= 4 is 24.5 Å². The van der Waals surface area contributed by atoms with Gasteiger partial charge in [0, 0.05) is 11.8 Å². The Labute approximate surface area is 195 Å². The van der Waals surface area contributed by atoms with Gasteiger partial charge in [-0.1, -0.05) is 12.1 Å². The Balaban J connectivity index is 0.000000207. The number of aliphatic hydroxyl groups excluding tert-OH is 1. The van der Waals surface area contributed by atoms with E-state index in [2.05, 4.69) is 9.73 Å². The van der Waals surface area contributed by atoms with Crippen molar-refractivity contribution in [2.24, 2.45) is 4.99 Å². The summed E-state index contributed by atoms with van der Waals surface area (Å²) in [6, 6.07) is 10.7. The van der Waals surface area contributed by atoms with Gasteiger partial charge >= 0.3 is 5.97 Å². The number of methoxy groups -OCH3 is 1. The number of hydrogen-bond donors (Lipinski definition) is 1. The van der Waals surface area contributed by atoms with Crippen molar-refractivity contribution < 1.29 is 38.4 Å². The van der Waals surface area contributed by atoms with Crippen LogP contribution in [-0.2, 0) is 9.53 Å². The molecule has 1 N–H and O–H groups in total. The summed E-state index contributed by atoms with van der Waals surface area (Å²) < 4.78 is 25.3. The molecule has 0 aromatic heterocycles. The molecule has 2 aromatic rings. The van der Waals surface area contributed by atoms with E-state index in [1.54, 1.807) is 36.4 Å². The molecule has 0 bridgehead atoms. The molecular formula is C25H23NO8. The molecule has 3 aliphatic rings. The second kappa shape index (κ2) is 10.6. The Morgan fingerprint density at radius 1 is 0.971 bits per heavy atom. The number of esters is 1. The zero-order valence-electron chi connectivity index (χ0n) is 18.4. The zero-order chi connectivity index (χ0) is 23.9. The molecule has 2 aliphatic heterocycles. The predicted molar refractivity (Wildman–Crippen MR) is 123 cm³/mol. The van der Waals surface area contributed by atoms with Crippen LogP contribution in [0.5, 0.6) is 23.0 Å². The lowest BCUT2D eigenvalue weighted by Crippen LogP contribution is -2.09. The highest BCUT2D eigenvalue weighted by Gasteiger charge is 2.21. The number of fused-ring (bicyclic) bond motifs is 2. The SMILES string of the molecule is COC(=O)C(C=NC1CC1)=C(O)C=Cc1ccc2c(c1)OCO2.O=Cc1ccc2c(c1)OCO2. The molecule has 5 rings (SSSR count). The summed E-state index contributed by atoms with van der Waals surface area (Å²) >= 11 is 0. The molecule has 1 fully saturated rings. The molecule has 34 heavy (non-hydrogen) atoms. The molecule has 9 nitrogen and oxygen atoms in total. The van der Waals surface area contributed by atoms with E-state index in [-0.39, 0.29) is 31.0 Å². The fourth-order valence-electron chi connectivity index (χ4n) is 3.01. The van der Waals surface area contributed by atoms with Crippen molar-refractivity contribution in [3.8, 4) is 23.0 Å². The first-order valence-corrected chi connectivity index (χ1v) is 10.5. The van der Waals surface area contributed by atoms with Crippen LogP contribution in [0.3, 0.4) is 0 Å². The largest absolute Gasteiger partial charge is 0.507 e. The van der Waals surface area contributed by atoms with Gasteiger partial charge in [0.15, 0.2) is 23.0 Å². The maximum atomic E-state index is 11.7. The van der Waals surface area contributed by atoms with Crippen LogP contribution < -0.4 is 18.9 Å². The van der Waals surface area contributed by atoms with Gasteiger partial charge in [-0.05, 0) is 54.8 Å². The van der Waals surface area contributed by atoms with E-state index in [0.717, 1.165) is 24.7 Å². The number of ether oxygens (including phenoxy) is 5. The summed E-state index contributed by atoms with van der Waals surface area (Å²) in [6.07, 6.45) is 7.29. The van der Waals surface area contributed by atoms with E-state index in [4.69, 9.17) is 18.9 Å². The van der Waals surface area contributed by atoms with Gasteiger partial charge in [0.2, 0.25) is 13.6 Å². The van der Waals surface area contributed by atoms with Gasteiger partial charge in [0.25, 0.3) is 0 Å². The molecule has 0 atom stereocenters. The average Bonchev–Trinajstić information content (AvgIpc) is 3.37. The first-order valence-electron chi connectivity index (χ1n) is 10.5. The number of hydrogen-bond acceptors (Lipinski definition) is 9. The van der Waals surface area contributed by atoms with E-state index in [1.165, 1.54) is 19.4 Å². The molecule has 2 heterocycles. The topological polar surface area (TPSA) is 113 Å². The third kappa shape index (κ3) is 5.74. The lowest BCUT2D eigenvalue weighted by molar-refractivity contribution is -0.135. The van der Waals surface area contributed by atoms with Crippen molar-refractivity contribution in [1.82, 2.24) is 0 Å². The lowest BCUT2D eigenvalue weighted by atomic mass is 10.1. The third-order valence-corrected chi connectivity index (χ3v) is 5.01. The van der Waals surface area contributed by atoms with Crippen LogP contribution in [0.1, 0.15) is 28.8 Å². The fourth-order valence-corrected chi connectivity index (χ4v) is 3.01. The third-order valence-electron chi connectivity index (χ3n) is 5.01. The highest BCUT2D eigenvalue weighted by Crippen LogP contribution is 2.33. The minimum absolute atomic E-state index is 0.0383. The Morgan fingerprint density at radius 3 is 2.15 bits per heavy atom. The van der Waals surface area contributed by atoms with Crippen LogP contribution >= 0.6 is 0 Å². The smallest absolute Gasteiger partial charge is 0.343 e. The Bertz CT molecular complexity index is 1160. The molecule has 0 unspecified atom stereocenters. The number of rotatable bonds is 6. The van der Waals surface area contributed by atoms with Crippen LogP contribution in [0, 0.1) is 0 Å². The average molecular weight is 465 g/mol. The molecular weight excluding hydrogens is 442 g/mol. The van der Waals surface area contributed by atoms with E-state index >= 15 is 0 Å². The molecule has 0 radical (unpaired) electrons. The van der Waals surface area contributed by atoms with Crippen LogP contribution in [0.15, 0.2) is 58.8 Å². The number of aldehydes is 1. The summed E-state index contributed by atoms with van der Waals surface area (Å²) in [6.45, 7) is 0.454. The summed E-state index contributed by atoms with van der Waals surface area (Å²) in [4.78, 5) is 26.3. The van der Waals surface area contributed by atoms with Crippen molar-refractivity contribution in [3.63, 3.8) is 0 Å². The van der Waals surface area contributed by atoms with Gasteiger partial charge in [0.1, 0.15) is 17.6 Å². The minimum atomic E-state index is -0.623. The van der Waals surface area contributed by atoms with E-state index in [1.807, 2.05) is 6.07 Å². The molecule has 0 spiro atoms. The van der Waals surface area contributed by atoms with Gasteiger partial charge < -0.3 is 28.8 Å². The Morgan fingerprint density at radius 2 is 1.56 bits per heavy atom. The second-order valence-corrected chi connectivity index (χ2v) is 7.48. The van der Waals surface area contributed by atoms with E-state index in [0.29, 0.717) is 28.6 Å². The van der Waals surface area contributed by atoms with Crippen LogP contribution in [0.25, 0.3) is 6.08 Å². The first kappa shape index (κ1) is 22.9. The number of aliphatic hydroxyl groups is 1. The van der Waals surface area contributed by atoms with Crippen molar-refractivity contribution in [1.29, 1.82) is 0 Å². The number of aliphatic imine (C=N–C) groups is 1. The summed E-state index contributed by atoms with van der Waals surface area (Å²) in [5.41, 5.74) is 1.45. The highest BCUT2D eigenvalue weighted by atomic mass is 16.7. The van der Waals surface area contributed by atoms with E-state index in [9.17, 15) is 14.7 Å². The lowest BCUT2D eigenvalue weighted by Gasteiger charge is -2.02. The standard InChI is InChI=1S/C17H17NO5.C8H6O3/c1-21-17(20)13(9-18-12-4-5-12)14(19)6-2-11-3-7-15-16(8-11)23-10-22-15;9-4-6-1-2-7-8(3-6)11-5-10-7/h2-3,6-9,12,19H,4-5,10H2,1H3;1-4H,5H2. The van der Waals surface area contributed by atoms with Crippen molar-refractivity contribution in [2.45, 2.75) is 18.9 Å². The first-order chi connectivity index (χ1) is 16.6. The second-order valence-electron chi connectivity index (χ2n) is 7.48. The van der Waals surface area contributed by atoms with Crippen LogP contribution in [0.4, 0.5) is 0 Å². The normalized spacial score (nSPS) is 16.1. The molecule has 1 aliphatic carbocycles. The minimum Gasteiger partial charge on any atom is -0.507 e. The molecule has 0 saturated heterocycles. The number of nitrogens with zero attached hydrogens (tertiary/aromatic N) is 1. The molecule has 176 valence electrons. The van der Waals surface area contributed by atoms with Gasteiger partial charge in [-0.15, -0.1) is 0 Å².